The summed E-state index contributed by atoms with van der Waals surface area (Å²) in [6, 6.07) is 6.14. The van der Waals surface area contributed by atoms with Crippen LogP contribution in [0.2, 0.25) is 0 Å². The molecule has 1 fully saturated rings. The van der Waals surface area contributed by atoms with Crippen LogP contribution in [0.1, 0.15) is 54.1 Å². The lowest BCUT2D eigenvalue weighted by Crippen LogP contribution is -2.50. The van der Waals surface area contributed by atoms with Crippen LogP contribution in [0.3, 0.4) is 0 Å². The third kappa shape index (κ3) is 4.72. The van der Waals surface area contributed by atoms with Crippen LogP contribution in [0.25, 0.3) is 0 Å². The summed E-state index contributed by atoms with van der Waals surface area (Å²) < 4.78 is 26.1. The zero-order chi connectivity index (χ0) is 18.6. The van der Waals surface area contributed by atoms with Crippen molar-refractivity contribution in [3.8, 4) is 0 Å². The van der Waals surface area contributed by atoms with Crippen LogP contribution in [-0.2, 0) is 22.9 Å². The Morgan fingerprint density at radius 2 is 1.73 bits per heavy atom. The first-order valence-electron chi connectivity index (χ1n) is 9.85. The van der Waals surface area contributed by atoms with Crippen molar-refractivity contribution in [1.82, 2.24) is 9.21 Å². The largest absolute Gasteiger partial charge is 0.293 e. The van der Waals surface area contributed by atoms with Crippen LogP contribution in [0.4, 0.5) is 0 Å². The molecule has 0 aromatic heterocycles. The molecule has 2 aliphatic rings. The number of nitrogens with zero attached hydrogens (tertiary/aromatic N) is 2. The number of hydrogen-bond donors (Lipinski definition) is 0. The lowest BCUT2D eigenvalue weighted by molar-refractivity contribution is 0.0901. The van der Waals surface area contributed by atoms with Crippen LogP contribution in [0.15, 0.2) is 18.2 Å². The van der Waals surface area contributed by atoms with E-state index in [0.717, 1.165) is 24.8 Å². The van der Waals surface area contributed by atoms with Crippen LogP contribution in [-0.4, -0.2) is 61.9 Å². The van der Waals surface area contributed by atoms with Crippen molar-refractivity contribution < 1.29 is 13.2 Å². The Morgan fingerprint density at radius 1 is 1.04 bits per heavy atom. The highest BCUT2D eigenvalue weighted by Gasteiger charge is 2.27. The van der Waals surface area contributed by atoms with Gasteiger partial charge < -0.3 is 0 Å². The molecule has 1 aromatic rings. The lowest BCUT2D eigenvalue weighted by atomic mass is 9.90. The molecular weight excluding hydrogens is 348 g/mol. The van der Waals surface area contributed by atoms with E-state index in [1.807, 2.05) is 13.0 Å². The summed E-state index contributed by atoms with van der Waals surface area (Å²) in [5.74, 6) is 0.373. The maximum absolute atomic E-state index is 12.6. The van der Waals surface area contributed by atoms with Crippen LogP contribution in [0.5, 0.6) is 0 Å². The molecular formula is C20H30N2O3S. The molecule has 1 aliphatic carbocycles. The Balaban J connectivity index is 1.54. The highest BCUT2D eigenvalue weighted by atomic mass is 32.2. The van der Waals surface area contributed by atoms with Gasteiger partial charge in [-0.25, -0.2) is 8.42 Å². The lowest BCUT2D eigenvalue weighted by Gasteiger charge is -2.33. The molecule has 1 heterocycles. The summed E-state index contributed by atoms with van der Waals surface area (Å²) in [6.45, 7) is 4.61. The summed E-state index contributed by atoms with van der Waals surface area (Å²) >= 11 is 0. The SMILES string of the molecule is CCCCS(=O)(=O)N1CCN(CC(=O)c2ccc3c(c2)CCCC3)CC1. The first-order valence-corrected chi connectivity index (χ1v) is 11.5. The summed E-state index contributed by atoms with van der Waals surface area (Å²) in [5.41, 5.74) is 3.51. The van der Waals surface area contributed by atoms with Gasteiger partial charge in [0, 0.05) is 31.7 Å². The molecule has 0 saturated carbocycles. The minimum atomic E-state index is -3.14. The van der Waals surface area contributed by atoms with Crippen molar-refractivity contribution in [2.24, 2.45) is 0 Å². The number of carbonyl (C=O) groups is 1. The van der Waals surface area contributed by atoms with Gasteiger partial charge in [-0.3, -0.25) is 9.69 Å². The third-order valence-electron chi connectivity index (χ3n) is 5.52. The van der Waals surface area contributed by atoms with Crippen molar-refractivity contribution in [3.63, 3.8) is 0 Å². The van der Waals surface area contributed by atoms with E-state index in [1.54, 1.807) is 4.31 Å². The first kappa shape index (κ1) is 19.5. The van der Waals surface area contributed by atoms with E-state index < -0.39 is 10.0 Å². The minimum absolute atomic E-state index is 0.140. The molecule has 0 atom stereocenters. The number of ketones is 1. The molecule has 6 heteroatoms. The second kappa shape index (κ2) is 8.63. The average molecular weight is 379 g/mol. The van der Waals surface area contributed by atoms with Crippen molar-refractivity contribution in [1.29, 1.82) is 0 Å². The number of hydrogen-bond acceptors (Lipinski definition) is 4. The second-order valence-electron chi connectivity index (χ2n) is 7.46. The Hall–Kier alpha value is -1.24. The molecule has 0 radical (unpaired) electrons. The number of piperazine rings is 1. The Labute approximate surface area is 157 Å². The molecule has 0 spiro atoms. The smallest absolute Gasteiger partial charge is 0.214 e. The Kier molecular flexibility index (Phi) is 6.48. The van der Waals surface area contributed by atoms with E-state index in [9.17, 15) is 13.2 Å². The number of Topliss-reactive ketones (excluding diaryl/α,β-unsaturated/α-hetero) is 1. The number of carbonyl (C=O) groups excluding carboxylic acids is 1. The highest BCUT2D eigenvalue weighted by molar-refractivity contribution is 7.89. The van der Waals surface area contributed by atoms with Crippen LogP contribution >= 0.6 is 0 Å². The third-order valence-corrected chi connectivity index (χ3v) is 7.47. The average Bonchev–Trinajstić information content (AvgIpc) is 2.66. The van der Waals surface area contributed by atoms with Crippen molar-refractivity contribution in [2.45, 2.75) is 45.4 Å². The topological polar surface area (TPSA) is 57.7 Å². The van der Waals surface area contributed by atoms with Gasteiger partial charge in [0.05, 0.1) is 12.3 Å². The van der Waals surface area contributed by atoms with Crippen molar-refractivity contribution in [2.75, 3.05) is 38.5 Å². The number of aryl methyl sites for hydroxylation is 2. The molecule has 3 rings (SSSR count). The Bertz CT molecular complexity index is 737. The van der Waals surface area contributed by atoms with Gasteiger partial charge in [0.1, 0.15) is 0 Å². The van der Waals surface area contributed by atoms with Gasteiger partial charge >= 0.3 is 0 Å². The number of fused-ring (bicyclic) bond motifs is 1. The van der Waals surface area contributed by atoms with Gasteiger partial charge in [-0.05, 0) is 49.3 Å². The van der Waals surface area contributed by atoms with E-state index in [-0.39, 0.29) is 11.5 Å². The van der Waals surface area contributed by atoms with E-state index in [1.165, 1.54) is 24.0 Å². The normalized spacial score (nSPS) is 19.3. The van der Waals surface area contributed by atoms with E-state index in [2.05, 4.69) is 17.0 Å². The first-order chi connectivity index (χ1) is 12.5. The number of rotatable bonds is 7. The second-order valence-corrected chi connectivity index (χ2v) is 9.55. The van der Waals surface area contributed by atoms with Gasteiger partial charge in [-0.2, -0.15) is 4.31 Å². The standard InChI is InChI=1S/C20H30N2O3S/c1-2-3-14-26(24,25)22-12-10-21(11-13-22)16-20(23)19-9-8-17-6-4-5-7-18(17)15-19/h8-9,15H,2-7,10-14,16H2,1H3. The van der Waals surface area contributed by atoms with E-state index >= 15 is 0 Å². The summed E-state index contributed by atoms with van der Waals surface area (Å²) in [7, 11) is -3.14. The van der Waals surface area contributed by atoms with Gasteiger partial charge in [0.25, 0.3) is 0 Å². The molecule has 1 aliphatic heterocycles. The summed E-state index contributed by atoms with van der Waals surface area (Å²) in [6.07, 6.45) is 6.24. The maximum atomic E-state index is 12.6. The van der Waals surface area contributed by atoms with Crippen molar-refractivity contribution >= 4 is 15.8 Å². The van der Waals surface area contributed by atoms with Gasteiger partial charge in [-0.1, -0.05) is 25.5 Å². The predicted molar refractivity (Wildman–Crippen MR) is 104 cm³/mol. The Morgan fingerprint density at radius 3 is 2.42 bits per heavy atom. The number of unbranched alkanes of at least 4 members (excludes halogenated alkanes) is 1. The minimum Gasteiger partial charge on any atom is -0.293 e. The fourth-order valence-electron chi connectivity index (χ4n) is 3.82. The molecule has 26 heavy (non-hydrogen) atoms. The fourth-order valence-corrected chi connectivity index (χ4v) is 5.45. The molecule has 1 saturated heterocycles. The molecule has 1 aromatic carbocycles. The predicted octanol–water partition coefficient (Wildman–Crippen LogP) is 2.50. The number of benzene rings is 1. The van der Waals surface area contributed by atoms with Gasteiger partial charge in [0.15, 0.2) is 5.78 Å². The molecule has 0 unspecified atom stereocenters. The molecule has 0 amide bonds. The van der Waals surface area contributed by atoms with Crippen molar-refractivity contribution in [3.05, 3.63) is 34.9 Å². The van der Waals surface area contributed by atoms with Gasteiger partial charge in [0.2, 0.25) is 10.0 Å². The fraction of sp³-hybridized carbons (Fsp3) is 0.650. The summed E-state index contributed by atoms with van der Waals surface area (Å²) in [5, 5.41) is 0. The number of sulfonamides is 1. The van der Waals surface area contributed by atoms with E-state index in [0.29, 0.717) is 39.1 Å². The molecule has 0 bridgehead atoms. The molecule has 0 N–H and O–H groups in total. The van der Waals surface area contributed by atoms with E-state index in [4.69, 9.17) is 0 Å². The summed E-state index contributed by atoms with van der Waals surface area (Å²) in [4.78, 5) is 14.7. The quantitative estimate of drug-likeness (QED) is 0.684. The zero-order valence-electron chi connectivity index (χ0n) is 15.7. The van der Waals surface area contributed by atoms with Crippen LogP contribution < -0.4 is 0 Å². The van der Waals surface area contributed by atoms with Gasteiger partial charge in [-0.15, -0.1) is 0 Å². The maximum Gasteiger partial charge on any atom is 0.214 e. The zero-order valence-corrected chi connectivity index (χ0v) is 16.6. The monoisotopic (exact) mass is 378 g/mol. The molecule has 144 valence electrons. The van der Waals surface area contributed by atoms with Crippen LogP contribution in [0, 0.1) is 0 Å². The molecule has 5 nitrogen and oxygen atoms in total. The highest BCUT2D eigenvalue weighted by Crippen LogP contribution is 2.22.